The number of amides is 3. The van der Waals surface area contributed by atoms with Crippen LogP contribution in [0.2, 0.25) is 0 Å². The van der Waals surface area contributed by atoms with Gasteiger partial charge < -0.3 is 16.0 Å². The second-order valence-electron chi connectivity index (χ2n) is 2.45. The molecule has 1 fully saturated rings. The second-order valence-corrected chi connectivity index (χ2v) is 2.45. The molecule has 0 aromatic carbocycles. The molecule has 3 N–H and O–H groups in total. The lowest BCUT2D eigenvalue weighted by atomic mass is 10.0. The first-order chi connectivity index (χ1) is 5.16. The molecule has 5 nitrogen and oxygen atoms in total. The number of likely N-dealkylation sites (N-methyl/N-ethyl adjacent to an activating group) is 1. The molecule has 0 radical (unpaired) electrons. The molecular formula is C6H11N3O2. The summed E-state index contributed by atoms with van der Waals surface area (Å²) in [4.78, 5) is 22.9. The van der Waals surface area contributed by atoms with Crippen LogP contribution in [0.25, 0.3) is 0 Å². The van der Waals surface area contributed by atoms with Crippen molar-refractivity contribution in [2.75, 3.05) is 13.6 Å². The normalized spacial score (nSPS) is 22.3. The van der Waals surface area contributed by atoms with E-state index in [1.165, 1.54) is 4.90 Å². The zero-order chi connectivity index (χ0) is 8.43. The lowest BCUT2D eigenvalue weighted by Gasteiger charge is -2.37. The Morgan fingerprint density at radius 3 is 2.55 bits per heavy atom. The molecule has 1 saturated heterocycles. The van der Waals surface area contributed by atoms with Gasteiger partial charge in [-0.3, -0.25) is 4.79 Å². The number of hydrogen-bond donors (Lipinski definition) is 2. The Bertz CT molecular complexity index is 192. The fraction of sp³-hybridized carbons (Fsp3) is 0.667. The molecule has 0 aromatic rings. The van der Waals surface area contributed by atoms with E-state index in [9.17, 15) is 9.59 Å². The van der Waals surface area contributed by atoms with Gasteiger partial charge in [0.15, 0.2) is 0 Å². The molecule has 1 unspecified atom stereocenters. The van der Waals surface area contributed by atoms with E-state index in [1.54, 1.807) is 7.05 Å². The van der Waals surface area contributed by atoms with Gasteiger partial charge in [0, 0.05) is 13.6 Å². The van der Waals surface area contributed by atoms with Crippen LogP contribution in [0.1, 0.15) is 6.42 Å². The van der Waals surface area contributed by atoms with Gasteiger partial charge in [-0.05, 0) is 6.42 Å². The number of nitrogens with one attached hydrogen (secondary N) is 1. The third-order valence-corrected chi connectivity index (χ3v) is 1.85. The second kappa shape index (κ2) is 2.77. The smallest absolute Gasteiger partial charge is 0.315 e. The molecule has 0 spiro atoms. The van der Waals surface area contributed by atoms with Crippen LogP contribution in [0, 0.1) is 0 Å². The molecule has 1 aliphatic rings. The molecule has 5 heteroatoms. The van der Waals surface area contributed by atoms with Crippen LogP contribution in [-0.4, -0.2) is 36.5 Å². The lowest BCUT2D eigenvalue weighted by Crippen LogP contribution is -2.59. The van der Waals surface area contributed by atoms with Gasteiger partial charge in [0.25, 0.3) is 0 Å². The Hall–Kier alpha value is -1.26. The van der Waals surface area contributed by atoms with E-state index in [0.29, 0.717) is 13.0 Å². The Labute approximate surface area is 64.5 Å². The van der Waals surface area contributed by atoms with E-state index in [0.717, 1.165) is 0 Å². The van der Waals surface area contributed by atoms with Crippen molar-refractivity contribution in [3.8, 4) is 0 Å². The molecule has 1 rings (SSSR count). The average Bonchev–Trinajstić information content (AvgIpc) is 1.83. The van der Waals surface area contributed by atoms with Gasteiger partial charge >= 0.3 is 6.03 Å². The number of nitrogens with zero attached hydrogens (tertiary/aromatic N) is 1. The minimum absolute atomic E-state index is 0.143. The first-order valence-corrected chi connectivity index (χ1v) is 3.44. The molecule has 0 saturated carbocycles. The van der Waals surface area contributed by atoms with E-state index < -0.39 is 6.03 Å². The highest BCUT2D eigenvalue weighted by Crippen LogP contribution is 2.15. The van der Waals surface area contributed by atoms with Crippen LogP contribution in [0.4, 0.5) is 4.79 Å². The molecule has 0 aliphatic carbocycles. The predicted molar refractivity (Wildman–Crippen MR) is 38.8 cm³/mol. The standard InChI is InChI=1S/C6H11N3O2/c1-8-5(10)4-2-3-9(4)6(7)11/h4H,2-3H2,1H3,(H2,7,11)(H,8,10). The van der Waals surface area contributed by atoms with Crippen molar-refractivity contribution < 1.29 is 9.59 Å². The topological polar surface area (TPSA) is 75.4 Å². The maximum absolute atomic E-state index is 10.9. The quantitative estimate of drug-likeness (QED) is 0.506. The van der Waals surface area contributed by atoms with Crippen LogP contribution in [0.15, 0.2) is 0 Å². The summed E-state index contributed by atoms with van der Waals surface area (Å²) in [5.74, 6) is -0.143. The fourth-order valence-corrected chi connectivity index (χ4v) is 1.09. The number of primary amides is 1. The largest absolute Gasteiger partial charge is 0.357 e. The first kappa shape index (κ1) is 7.84. The number of nitrogens with two attached hydrogens (primary N) is 1. The van der Waals surface area contributed by atoms with E-state index in [4.69, 9.17) is 5.73 Å². The SMILES string of the molecule is CNC(=O)C1CCN1C(N)=O. The van der Waals surface area contributed by atoms with Crippen molar-refractivity contribution in [1.82, 2.24) is 10.2 Å². The van der Waals surface area contributed by atoms with Crippen molar-refractivity contribution in [3.05, 3.63) is 0 Å². The molecule has 3 amide bonds. The van der Waals surface area contributed by atoms with Crippen LogP contribution in [-0.2, 0) is 4.79 Å². The summed E-state index contributed by atoms with van der Waals surface area (Å²) < 4.78 is 0. The van der Waals surface area contributed by atoms with Gasteiger partial charge in [-0.1, -0.05) is 0 Å². The van der Waals surface area contributed by atoms with Gasteiger partial charge in [0.2, 0.25) is 5.91 Å². The highest BCUT2D eigenvalue weighted by Gasteiger charge is 2.35. The van der Waals surface area contributed by atoms with Crippen LogP contribution in [0.3, 0.4) is 0 Å². The lowest BCUT2D eigenvalue weighted by molar-refractivity contribution is -0.128. The summed E-state index contributed by atoms with van der Waals surface area (Å²) in [5.41, 5.74) is 4.99. The Kier molecular flexibility index (Phi) is 1.98. The maximum Gasteiger partial charge on any atom is 0.315 e. The van der Waals surface area contributed by atoms with E-state index in [-0.39, 0.29) is 11.9 Å². The summed E-state index contributed by atoms with van der Waals surface area (Å²) in [6.07, 6.45) is 0.711. The third kappa shape index (κ3) is 1.26. The van der Waals surface area contributed by atoms with Crippen LogP contribution in [0.5, 0.6) is 0 Å². The highest BCUT2D eigenvalue weighted by atomic mass is 16.2. The van der Waals surface area contributed by atoms with Gasteiger partial charge in [0.1, 0.15) is 6.04 Å². The van der Waals surface area contributed by atoms with Gasteiger partial charge in [-0.15, -0.1) is 0 Å². The molecule has 0 aromatic heterocycles. The Balaban J connectivity index is 2.49. The summed E-state index contributed by atoms with van der Waals surface area (Å²) in [5, 5.41) is 2.46. The molecule has 1 aliphatic heterocycles. The van der Waals surface area contributed by atoms with E-state index >= 15 is 0 Å². The molecule has 11 heavy (non-hydrogen) atoms. The minimum Gasteiger partial charge on any atom is -0.357 e. The zero-order valence-corrected chi connectivity index (χ0v) is 6.33. The molecule has 62 valence electrons. The van der Waals surface area contributed by atoms with Gasteiger partial charge in [-0.2, -0.15) is 0 Å². The number of hydrogen-bond acceptors (Lipinski definition) is 2. The number of rotatable bonds is 1. The fourth-order valence-electron chi connectivity index (χ4n) is 1.09. The highest BCUT2D eigenvalue weighted by molar-refractivity contribution is 5.87. The summed E-state index contributed by atoms with van der Waals surface area (Å²) >= 11 is 0. The van der Waals surface area contributed by atoms with Crippen molar-refractivity contribution >= 4 is 11.9 Å². The Morgan fingerprint density at radius 2 is 2.27 bits per heavy atom. The number of urea groups is 1. The maximum atomic E-state index is 10.9. The van der Waals surface area contributed by atoms with Gasteiger partial charge in [0.05, 0.1) is 0 Å². The van der Waals surface area contributed by atoms with Crippen molar-refractivity contribution in [2.45, 2.75) is 12.5 Å². The minimum atomic E-state index is -0.523. The van der Waals surface area contributed by atoms with E-state index in [1.807, 2.05) is 0 Å². The Morgan fingerprint density at radius 1 is 1.64 bits per heavy atom. The molecule has 1 heterocycles. The van der Waals surface area contributed by atoms with Crippen LogP contribution >= 0.6 is 0 Å². The summed E-state index contributed by atoms with van der Waals surface area (Å²) in [7, 11) is 1.54. The van der Waals surface area contributed by atoms with Gasteiger partial charge in [-0.25, -0.2) is 4.79 Å². The number of likely N-dealkylation sites (tertiary alicyclic amines) is 1. The molecular weight excluding hydrogens is 146 g/mol. The number of carbonyl (C=O) groups excluding carboxylic acids is 2. The summed E-state index contributed by atoms with van der Waals surface area (Å²) in [6, 6.07) is -0.859. The predicted octanol–water partition coefficient (Wildman–Crippen LogP) is -1.11. The summed E-state index contributed by atoms with van der Waals surface area (Å²) in [6.45, 7) is 0.591. The van der Waals surface area contributed by atoms with E-state index in [2.05, 4.69) is 5.32 Å². The third-order valence-electron chi connectivity index (χ3n) is 1.85. The number of carbonyl (C=O) groups is 2. The first-order valence-electron chi connectivity index (χ1n) is 3.44. The molecule has 1 atom stereocenters. The van der Waals surface area contributed by atoms with Crippen LogP contribution < -0.4 is 11.1 Å². The van der Waals surface area contributed by atoms with Crippen molar-refractivity contribution in [1.29, 1.82) is 0 Å². The molecule has 0 bridgehead atoms. The van der Waals surface area contributed by atoms with Crippen molar-refractivity contribution in [3.63, 3.8) is 0 Å². The average molecular weight is 157 g/mol. The monoisotopic (exact) mass is 157 g/mol. The zero-order valence-electron chi connectivity index (χ0n) is 6.33. The van der Waals surface area contributed by atoms with Crippen molar-refractivity contribution in [2.24, 2.45) is 5.73 Å².